The molecule has 0 aromatic heterocycles. The fourth-order valence-corrected chi connectivity index (χ4v) is 3.19. The number of hydrogen-bond donors (Lipinski definition) is 1. The largest absolute Gasteiger partial charge is 0.343 e. The Morgan fingerprint density at radius 2 is 1.88 bits per heavy atom. The fourth-order valence-electron chi connectivity index (χ4n) is 3.19. The molecular formula is C14H26N2O. The van der Waals surface area contributed by atoms with E-state index in [9.17, 15) is 4.79 Å². The highest BCUT2D eigenvalue weighted by Crippen LogP contribution is 2.36. The van der Waals surface area contributed by atoms with Crippen molar-refractivity contribution in [2.75, 3.05) is 19.6 Å². The van der Waals surface area contributed by atoms with Gasteiger partial charge in [-0.15, -0.1) is 0 Å². The van der Waals surface area contributed by atoms with Crippen molar-refractivity contribution < 1.29 is 4.79 Å². The minimum atomic E-state index is 0.228. The van der Waals surface area contributed by atoms with Gasteiger partial charge in [-0.05, 0) is 31.1 Å². The van der Waals surface area contributed by atoms with Gasteiger partial charge in [0, 0.05) is 32.6 Å². The molecule has 0 aromatic carbocycles. The quantitative estimate of drug-likeness (QED) is 0.817. The SMILES string of the molecule is CC(=O)N1CCC(NCC2(C)CCCC2)CC1. The molecule has 0 radical (unpaired) electrons. The van der Waals surface area contributed by atoms with Gasteiger partial charge in [-0.25, -0.2) is 0 Å². The average Bonchev–Trinajstić information content (AvgIpc) is 2.75. The first kappa shape index (κ1) is 12.9. The van der Waals surface area contributed by atoms with Crippen LogP contribution >= 0.6 is 0 Å². The van der Waals surface area contributed by atoms with Crippen molar-refractivity contribution in [3.05, 3.63) is 0 Å². The zero-order chi connectivity index (χ0) is 12.3. The molecule has 0 spiro atoms. The van der Waals surface area contributed by atoms with Crippen molar-refractivity contribution in [3.8, 4) is 0 Å². The zero-order valence-corrected chi connectivity index (χ0v) is 11.3. The number of hydrogen-bond acceptors (Lipinski definition) is 2. The average molecular weight is 238 g/mol. The highest BCUT2D eigenvalue weighted by molar-refractivity contribution is 5.73. The molecule has 3 nitrogen and oxygen atoms in total. The van der Waals surface area contributed by atoms with Gasteiger partial charge >= 0.3 is 0 Å². The van der Waals surface area contributed by atoms with E-state index in [4.69, 9.17) is 0 Å². The smallest absolute Gasteiger partial charge is 0.219 e. The second kappa shape index (κ2) is 5.38. The molecule has 1 saturated heterocycles. The summed E-state index contributed by atoms with van der Waals surface area (Å²) in [5, 5.41) is 3.73. The summed E-state index contributed by atoms with van der Waals surface area (Å²) >= 11 is 0. The van der Waals surface area contributed by atoms with Crippen molar-refractivity contribution >= 4 is 5.91 Å². The minimum Gasteiger partial charge on any atom is -0.343 e. The number of carbonyl (C=O) groups is 1. The number of nitrogens with zero attached hydrogens (tertiary/aromatic N) is 1. The molecule has 1 aliphatic heterocycles. The normalized spacial score (nSPS) is 25.2. The molecule has 0 aromatic rings. The van der Waals surface area contributed by atoms with E-state index in [0.717, 1.165) is 32.5 Å². The first-order chi connectivity index (χ1) is 8.09. The molecule has 1 amide bonds. The van der Waals surface area contributed by atoms with Gasteiger partial charge in [0.1, 0.15) is 0 Å². The first-order valence-corrected chi connectivity index (χ1v) is 7.08. The van der Waals surface area contributed by atoms with E-state index in [-0.39, 0.29) is 5.91 Å². The summed E-state index contributed by atoms with van der Waals surface area (Å²) in [5.74, 6) is 0.228. The molecule has 1 N–H and O–H groups in total. The molecule has 0 unspecified atom stereocenters. The lowest BCUT2D eigenvalue weighted by Crippen LogP contribution is -2.46. The zero-order valence-electron chi connectivity index (χ0n) is 11.3. The van der Waals surface area contributed by atoms with E-state index in [2.05, 4.69) is 12.2 Å². The lowest BCUT2D eigenvalue weighted by molar-refractivity contribution is -0.129. The van der Waals surface area contributed by atoms with Crippen LogP contribution < -0.4 is 5.32 Å². The van der Waals surface area contributed by atoms with Crippen LogP contribution in [0.25, 0.3) is 0 Å². The van der Waals surface area contributed by atoms with E-state index >= 15 is 0 Å². The molecule has 2 fully saturated rings. The number of likely N-dealkylation sites (tertiary alicyclic amines) is 1. The fraction of sp³-hybridized carbons (Fsp3) is 0.929. The van der Waals surface area contributed by atoms with Crippen molar-refractivity contribution in [1.29, 1.82) is 0 Å². The molecule has 2 aliphatic rings. The molecule has 98 valence electrons. The molecule has 17 heavy (non-hydrogen) atoms. The van der Waals surface area contributed by atoms with Gasteiger partial charge in [-0.2, -0.15) is 0 Å². The Bertz CT molecular complexity index is 263. The summed E-state index contributed by atoms with van der Waals surface area (Å²) < 4.78 is 0. The number of nitrogens with one attached hydrogen (secondary N) is 1. The summed E-state index contributed by atoms with van der Waals surface area (Å²) in [7, 11) is 0. The highest BCUT2D eigenvalue weighted by atomic mass is 16.2. The third kappa shape index (κ3) is 3.44. The van der Waals surface area contributed by atoms with Gasteiger partial charge in [0.15, 0.2) is 0 Å². The van der Waals surface area contributed by atoms with Crippen LogP contribution in [-0.2, 0) is 4.79 Å². The maximum atomic E-state index is 11.2. The highest BCUT2D eigenvalue weighted by Gasteiger charge is 2.29. The van der Waals surface area contributed by atoms with E-state index in [0.29, 0.717) is 11.5 Å². The van der Waals surface area contributed by atoms with Crippen LogP contribution in [0.15, 0.2) is 0 Å². The standard InChI is InChI=1S/C14H26N2O/c1-12(17)16-9-5-13(6-10-16)15-11-14(2)7-3-4-8-14/h13,15H,3-11H2,1-2H3. The van der Waals surface area contributed by atoms with Crippen LogP contribution in [-0.4, -0.2) is 36.5 Å². The Kier molecular flexibility index (Phi) is 4.08. The van der Waals surface area contributed by atoms with Crippen molar-refractivity contribution in [3.63, 3.8) is 0 Å². The number of piperidine rings is 1. The Morgan fingerprint density at radius 3 is 2.41 bits per heavy atom. The number of rotatable bonds is 3. The Labute approximate surface area is 105 Å². The van der Waals surface area contributed by atoms with Crippen LogP contribution in [0.3, 0.4) is 0 Å². The molecule has 1 aliphatic carbocycles. The second-order valence-corrected chi connectivity index (χ2v) is 6.18. The summed E-state index contributed by atoms with van der Waals surface area (Å²) in [5.41, 5.74) is 0.539. The Hall–Kier alpha value is -0.570. The first-order valence-electron chi connectivity index (χ1n) is 7.08. The van der Waals surface area contributed by atoms with Crippen LogP contribution in [0, 0.1) is 5.41 Å². The monoisotopic (exact) mass is 238 g/mol. The topological polar surface area (TPSA) is 32.3 Å². The van der Waals surface area contributed by atoms with Crippen molar-refractivity contribution in [1.82, 2.24) is 10.2 Å². The number of carbonyl (C=O) groups excluding carboxylic acids is 1. The predicted molar refractivity (Wildman–Crippen MR) is 69.9 cm³/mol. The molecule has 0 bridgehead atoms. The van der Waals surface area contributed by atoms with E-state index in [1.54, 1.807) is 6.92 Å². The Balaban J connectivity index is 1.69. The minimum absolute atomic E-state index is 0.228. The van der Waals surface area contributed by atoms with Gasteiger partial charge in [0.2, 0.25) is 5.91 Å². The summed E-state index contributed by atoms with van der Waals surface area (Å²) in [4.78, 5) is 13.2. The predicted octanol–water partition coefficient (Wildman–Crippen LogP) is 2.17. The van der Waals surface area contributed by atoms with Gasteiger partial charge < -0.3 is 10.2 Å². The summed E-state index contributed by atoms with van der Waals surface area (Å²) in [6, 6.07) is 0.628. The number of amides is 1. The van der Waals surface area contributed by atoms with Crippen LogP contribution in [0.5, 0.6) is 0 Å². The second-order valence-electron chi connectivity index (χ2n) is 6.18. The van der Waals surface area contributed by atoms with Gasteiger partial charge in [-0.1, -0.05) is 19.8 Å². The summed E-state index contributed by atoms with van der Waals surface area (Å²) in [6.07, 6.45) is 7.81. The maximum absolute atomic E-state index is 11.2. The Morgan fingerprint density at radius 1 is 1.29 bits per heavy atom. The lowest BCUT2D eigenvalue weighted by atomic mass is 9.88. The van der Waals surface area contributed by atoms with E-state index in [1.165, 1.54) is 25.7 Å². The maximum Gasteiger partial charge on any atom is 0.219 e. The van der Waals surface area contributed by atoms with E-state index in [1.807, 2.05) is 4.90 Å². The molecule has 1 heterocycles. The van der Waals surface area contributed by atoms with Gasteiger partial charge in [0.05, 0.1) is 0 Å². The van der Waals surface area contributed by atoms with Gasteiger partial charge in [-0.3, -0.25) is 4.79 Å². The van der Waals surface area contributed by atoms with Crippen molar-refractivity contribution in [2.24, 2.45) is 5.41 Å². The molecule has 1 saturated carbocycles. The van der Waals surface area contributed by atoms with Crippen molar-refractivity contribution in [2.45, 2.75) is 58.4 Å². The molecular weight excluding hydrogens is 212 g/mol. The molecule has 3 heteroatoms. The lowest BCUT2D eigenvalue weighted by Gasteiger charge is -2.34. The van der Waals surface area contributed by atoms with Crippen LogP contribution in [0.4, 0.5) is 0 Å². The van der Waals surface area contributed by atoms with Crippen LogP contribution in [0.2, 0.25) is 0 Å². The third-order valence-corrected chi connectivity index (χ3v) is 4.57. The molecule has 2 rings (SSSR count). The summed E-state index contributed by atoms with van der Waals surface area (Å²) in [6.45, 7) is 7.12. The molecule has 0 atom stereocenters. The van der Waals surface area contributed by atoms with E-state index < -0.39 is 0 Å². The third-order valence-electron chi connectivity index (χ3n) is 4.57. The van der Waals surface area contributed by atoms with Crippen LogP contribution in [0.1, 0.15) is 52.4 Å². The van der Waals surface area contributed by atoms with Gasteiger partial charge in [0.25, 0.3) is 0 Å².